The maximum Gasteiger partial charge on any atom is 0.130 e. The van der Waals surface area contributed by atoms with Crippen molar-refractivity contribution in [2.75, 3.05) is 0 Å². The molecule has 0 bridgehead atoms. The van der Waals surface area contributed by atoms with Gasteiger partial charge < -0.3 is 14.6 Å². The SMILES string of the molecule is Cc1ccc(C(C)O)c(OC2CC(C)(C)OC2(C)C)c1. The van der Waals surface area contributed by atoms with E-state index in [0.717, 1.165) is 23.3 Å². The molecule has 1 heterocycles. The second-order valence-electron chi connectivity index (χ2n) is 6.99. The fraction of sp³-hybridized carbons (Fsp3) is 0.647. The Bertz CT molecular complexity index is 489. The summed E-state index contributed by atoms with van der Waals surface area (Å²) in [5, 5.41) is 9.89. The van der Waals surface area contributed by atoms with Crippen LogP contribution in [0, 0.1) is 6.92 Å². The van der Waals surface area contributed by atoms with Crippen molar-refractivity contribution in [3.05, 3.63) is 29.3 Å². The Kier molecular flexibility index (Phi) is 3.87. The Morgan fingerprint density at radius 3 is 2.45 bits per heavy atom. The quantitative estimate of drug-likeness (QED) is 0.914. The van der Waals surface area contributed by atoms with Crippen molar-refractivity contribution >= 4 is 0 Å². The molecule has 1 aromatic carbocycles. The normalized spacial score (nSPS) is 25.4. The van der Waals surface area contributed by atoms with Crippen LogP contribution < -0.4 is 4.74 Å². The molecular formula is C17H26O3. The van der Waals surface area contributed by atoms with Crippen LogP contribution in [0.4, 0.5) is 0 Å². The zero-order chi connectivity index (χ0) is 15.1. The Hall–Kier alpha value is -1.06. The van der Waals surface area contributed by atoms with E-state index in [-0.39, 0.29) is 17.3 Å². The van der Waals surface area contributed by atoms with Crippen LogP contribution >= 0.6 is 0 Å². The van der Waals surface area contributed by atoms with E-state index in [1.54, 1.807) is 6.92 Å². The van der Waals surface area contributed by atoms with E-state index < -0.39 is 6.10 Å². The van der Waals surface area contributed by atoms with Gasteiger partial charge in [0.05, 0.1) is 11.7 Å². The monoisotopic (exact) mass is 278 g/mol. The van der Waals surface area contributed by atoms with E-state index >= 15 is 0 Å². The molecule has 1 N–H and O–H groups in total. The van der Waals surface area contributed by atoms with E-state index in [9.17, 15) is 5.11 Å². The van der Waals surface area contributed by atoms with Crippen molar-refractivity contribution < 1.29 is 14.6 Å². The molecular weight excluding hydrogens is 252 g/mol. The maximum absolute atomic E-state index is 9.89. The summed E-state index contributed by atoms with van der Waals surface area (Å²) in [6, 6.07) is 5.92. The molecule has 2 atom stereocenters. The highest BCUT2D eigenvalue weighted by atomic mass is 16.6. The van der Waals surface area contributed by atoms with Crippen molar-refractivity contribution in [3.63, 3.8) is 0 Å². The number of rotatable bonds is 3. The summed E-state index contributed by atoms with van der Waals surface area (Å²) in [5.41, 5.74) is 1.45. The lowest BCUT2D eigenvalue weighted by atomic mass is 9.96. The third-order valence-corrected chi connectivity index (χ3v) is 3.88. The van der Waals surface area contributed by atoms with Gasteiger partial charge in [0.2, 0.25) is 0 Å². The first-order valence-corrected chi connectivity index (χ1v) is 7.26. The first-order chi connectivity index (χ1) is 9.11. The average Bonchev–Trinajstić information content (AvgIpc) is 2.46. The summed E-state index contributed by atoms with van der Waals surface area (Å²) in [7, 11) is 0. The summed E-state index contributed by atoms with van der Waals surface area (Å²) in [6.07, 6.45) is 0.286. The smallest absolute Gasteiger partial charge is 0.130 e. The number of aryl methyl sites for hydroxylation is 1. The lowest BCUT2D eigenvalue weighted by Gasteiger charge is -2.28. The second-order valence-corrected chi connectivity index (χ2v) is 6.99. The number of hydrogen-bond acceptors (Lipinski definition) is 3. The molecule has 0 saturated carbocycles. The molecule has 0 radical (unpaired) electrons. The predicted molar refractivity (Wildman–Crippen MR) is 80.1 cm³/mol. The first kappa shape index (κ1) is 15.3. The van der Waals surface area contributed by atoms with Crippen LogP contribution in [0.25, 0.3) is 0 Å². The topological polar surface area (TPSA) is 38.7 Å². The molecule has 2 unspecified atom stereocenters. The highest BCUT2D eigenvalue weighted by Crippen LogP contribution is 2.40. The minimum absolute atomic E-state index is 0.0169. The van der Waals surface area contributed by atoms with Gasteiger partial charge in [0, 0.05) is 12.0 Å². The zero-order valence-electron chi connectivity index (χ0n) is 13.4. The number of benzene rings is 1. The lowest BCUT2D eigenvalue weighted by Crippen LogP contribution is -2.37. The summed E-state index contributed by atoms with van der Waals surface area (Å²) >= 11 is 0. The molecule has 0 aliphatic carbocycles. The van der Waals surface area contributed by atoms with Crippen LogP contribution in [0.1, 0.15) is 58.3 Å². The molecule has 1 aliphatic rings. The van der Waals surface area contributed by atoms with E-state index in [2.05, 4.69) is 27.7 Å². The summed E-state index contributed by atoms with van der Waals surface area (Å²) < 4.78 is 12.3. The van der Waals surface area contributed by atoms with Gasteiger partial charge in [0.25, 0.3) is 0 Å². The van der Waals surface area contributed by atoms with Crippen molar-refractivity contribution in [2.45, 2.75) is 71.4 Å². The number of aliphatic hydroxyl groups is 1. The highest BCUT2D eigenvalue weighted by molar-refractivity contribution is 5.38. The Morgan fingerprint density at radius 1 is 1.30 bits per heavy atom. The van der Waals surface area contributed by atoms with Gasteiger partial charge in [-0.3, -0.25) is 0 Å². The van der Waals surface area contributed by atoms with Crippen LogP contribution in [-0.2, 0) is 4.74 Å². The maximum atomic E-state index is 9.89. The molecule has 1 aromatic rings. The third-order valence-electron chi connectivity index (χ3n) is 3.88. The van der Waals surface area contributed by atoms with E-state index in [1.165, 1.54) is 0 Å². The van der Waals surface area contributed by atoms with Gasteiger partial charge in [-0.05, 0) is 53.2 Å². The van der Waals surface area contributed by atoms with Crippen molar-refractivity contribution in [3.8, 4) is 5.75 Å². The Balaban J connectivity index is 2.28. The first-order valence-electron chi connectivity index (χ1n) is 7.26. The molecule has 2 rings (SSSR count). The van der Waals surface area contributed by atoms with Gasteiger partial charge in [-0.15, -0.1) is 0 Å². The van der Waals surface area contributed by atoms with Crippen LogP contribution in [0.2, 0.25) is 0 Å². The van der Waals surface area contributed by atoms with Gasteiger partial charge in [-0.25, -0.2) is 0 Å². The second kappa shape index (κ2) is 5.05. The van der Waals surface area contributed by atoms with Crippen LogP contribution in [0.15, 0.2) is 18.2 Å². The van der Waals surface area contributed by atoms with Gasteiger partial charge in [0.1, 0.15) is 17.5 Å². The van der Waals surface area contributed by atoms with Crippen LogP contribution in [0.3, 0.4) is 0 Å². The molecule has 1 saturated heterocycles. The Labute approximate surface area is 121 Å². The fourth-order valence-electron chi connectivity index (χ4n) is 2.94. The molecule has 20 heavy (non-hydrogen) atoms. The fourth-order valence-corrected chi connectivity index (χ4v) is 2.94. The van der Waals surface area contributed by atoms with Crippen molar-refractivity contribution in [2.24, 2.45) is 0 Å². The van der Waals surface area contributed by atoms with Gasteiger partial charge in [0.15, 0.2) is 0 Å². The van der Waals surface area contributed by atoms with Crippen LogP contribution in [-0.4, -0.2) is 22.4 Å². The number of aliphatic hydroxyl groups excluding tert-OH is 1. The molecule has 1 fully saturated rings. The Morgan fingerprint density at radius 2 is 1.95 bits per heavy atom. The zero-order valence-corrected chi connectivity index (χ0v) is 13.4. The lowest BCUT2D eigenvalue weighted by molar-refractivity contribution is -0.0848. The number of hydrogen-bond donors (Lipinski definition) is 1. The van der Waals surface area contributed by atoms with E-state index in [4.69, 9.17) is 9.47 Å². The van der Waals surface area contributed by atoms with Gasteiger partial charge in [-0.1, -0.05) is 12.1 Å². The van der Waals surface area contributed by atoms with Crippen molar-refractivity contribution in [1.82, 2.24) is 0 Å². The van der Waals surface area contributed by atoms with E-state index in [1.807, 2.05) is 25.1 Å². The van der Waals surface area contributed by atoms with E-state index in [0.29, 0.717) is 0 Å². The predicted octanol–water partition coefficient (Wildman–Crippen LogP) is 3.77. The molecule has 112 valence electrons. The van der Waals surface area contributed by atoms with Crippen molar-refractivity contribution in [1.29, 1.82) is 0 Å². The average molecular weight is 278 g/mol. The van der Waals surface area contributed by atoms with Gasteiger partial charge in [-0.2, -0.15) is 0 Å². The highest BCUT2D eigenvalue weighted by Gasteiger charge is 2.47. The third kappa shape index (κ3) is 3.15. The standard InChI is InChI=1S/C17H26O3/c1-11-7-8-13(12(2)18)14(9-11)19-15-10-16(3,4)20-17(15,5)6/h7-9,12,15,18H,10H2,1-6H3. The largest absolute Gasteiger partial charge is 0.487 e. The summed E-state index contributed by atoms with van der Waals surface area (Å²) in [6.45, 7) is 12.1. The molecule has 3 nitrogen and oxygen atoms in total. The van der Waals surface area contributed by atoms with Gasteiger partial charge >= 0.3 is 0 Å². The summed E-state index contributed by atoms with van der Waals surface area (Å²) in [4.78, 5) is 0. The van der Waals surface area contributed by atoms with Crippen LogP contribution in [0.5, 0.6) is 5.75 Å². The molecule has 1 aliphatic heterocycles. The minimum Gasteiger partial charge on any atom is -0.487 e. The minimum atomic E-state index is -0.538. The molecule has 0 spiro atoms. The molecule has 0 amide bonds. The number of ether oxygens (including phenoxy) is 2. The molecule has 3 heteroatoms. The summed E-state index contributed by atoms with van der Waals surface area (Å²) in [5.74, 6) is 0.763. The molecule has 0 aromatic heterocycles.